The molecule has 6 aromatic rings. The molecule has 4 nitrogen and oxygen atoms in total. The summed E-state index contributed by atoms with van der Waals surface area (Å²) in [5, 5.41) is 0. The fourth-order valence-corrected chi connectivity index (χ4v) is 6.74. The van der Waals surface area contributed by atoms with Crippen LogP contribution in [0.3, 0.4) is 0 Å². The van der Waals surface area contributed by atoms with Crippen molar-refractivity contribution in [2.75, 3.05) is 24.0 Å². The Labute approximate surface area is 278 Å². The quantitative estimate of drug-likeness (QED) is 0.170. The van der Waals surface area contributed by atoms with Crippen molar-refractivity contribution >= 4 is 34.1 Å². The third-order valence-corrected chi connectivity index (χ3v) is 9.41. The minimum atomic E-state index is -0.214. The second kappa shape index (κ2) is 12.0. The number of methoxy groups -OCH3 is 2. The van der Waals surface area contributed by atoms with Gasteiger partial charge in [0.25, 0.3) is 0 Å². The zero-order valence-electron chi connectivity index (χ0n) is 27.9. The van der Waals surface area contributed by atoms with E-state index < -0.39 is 0 Å². The van der Waals surface area contributed by atoms with Crippen molar-refractivity contribution in [2.45, 2.75) is 33.1 Å². The smallest absolute Gasteiger partial charge is 0.119 e. The molecule has 0 saturated carbocycles. The topological polar surface area (TPSA) is 24.9 Å². The molecule has 0 unspecified atom stereocenters. The molecule has 6 aromatic carbocycles. The molecule has 0 fully saturated rings. The van der Waals surface area contributed by atoms with Gasteiger partial charge in [-0.05, 0) is 133 Å². The van der Waals surface area contributed by atoms with Gasteiger partial charge in [0.05, 0.1) is 14.2 Å². The zero-order valence-corrected chi connectivity index (χ0v) is 27.9. The molecule has 1 aliphatic carbocycles. The van der Waals surface area contributed by atoms with Gasteiger partial charge in [0.2, 0.25) is 0 Å². The van der Waals surface area contributed by atoms with Gasteiger partial charge in [0.15, 0.2) is 0 Å². The second-order valence-corrected chi connectivity index (χ2v) is 12.8. The van der Waals surface area contributed by atoms with Gasteiger partial charge < -0.3 is 19.3 Å². The number of aryl methyl sites for hydroxylation is 2. The maximum Gasteiger partial charge on any atom is 0.119 e. The fourth-order valence-electron chi connectivity index (χ4n) is 6.74. The largest absolute Gasteiger partial charge is 0.497 e. The minimum Gasteiger partial charge on any atom is -0.497 e. The van der Waals surface area contributed by atoms with Gasteiger partial charge in [-0.3, -0.25) is 0 Å². The van der Waals surface area contributed by atoms with Gasteiger partial charge in [-0.25, -0.2) is 0 Å². The van der Waals surface area contributed by atoms with E-state index in [4.69, 9.17) is 9.47 Å². The monoisotopic (exact) mass is 616 g/mol. The number of nitrogens with zero attached hydrogens (tertiary/aromatic N) is 2. The van der Waals surface area contributed by atoms with Crippen LogP contribution in [-0.2, 0) is 5.41 Å². The lowest BCUT2D eigenvalue weighted by molar-refractivity contribution is 0.414. The zero-order chi connectivity index (χ0) is 32.7. The Hall–Kier alpha value is -5.48. The Balaban J connectivity index is 1.32. The van der Waals surface area contributed by atoms with Gasteiger partial charge in [-0.1, -0.05) is 61.4 Å². The highest BCUT2D eigenvalue weighted by Crippen LogP contribution is 2.52. The number of hydrogen-bond donors (Lipinski definition) is 0. The molecule has 0 amide bonds. The standard InChI is InChI=1S/C43H40N2O2/c1-29-7-11-31(12-8-29)44(33-15-21-37(46-5)22-16-33)35-19-25-39-40-26-20-36(28-42(40)43(3,4)41(39)27-35)45(32-13-9-30(2)10-14-32)34-17-23-38(47-6)24-18-34/h7-28H,1-6H3. The normalized spacial score (nSPS) is 12.6. The first-order chi connectivity index (χ1) is 22.8. The van der Waals surface area contributed by atoms with Crippen molar-refractivity contribution in [2.24, 2.45) is 0 Å². The van der Waals surface area contributed by atoms with Crippen molar-refractivity contribution in [1.82, 2.24) is 0 Å². The van der Waals surface area contributed by atoms with Crippen LogP contribution in [0, 0.1) is 13.8 Å². The molecule has 0 N–H and O–H groups in total. The summed E-state index contributed by atoms with van der Waals surface area (Å²) < 4.78 is 10.9. The molecule has 0 radical (unpaired) electrons. The van der Waals surface area contributed by atoms with Gasteiger partial charge in [0, 0.05) is 39.5 Å². The molecule has 0 atom stereocenters. The number of benzene rings is 6. The summed E-state index contributed by atoms with van der Waals surface area (Å²) in [6.07, 6.45) is 0. The van der Waals surface area contributed by atoms with E-state index in [9.17, 15) is 0 Å². The highest BCUT2D eigenvalue weighted by atomic mass is 16.5. The first-order valence-electron chi connectivity index (χ1n) is 16.1. The Bertz CT molecular complexity index is 1880. The van der Waals surface area contributed by atoms with Gasteiger partial charge in [-0.15, -0.1) is 0 Å². The van der Waals surface area contributed by atoms with E-state index >= 15 is 0 Å². The highest BCUT2D eigenvalue weighted by molar-refractivity contribution is 5.88. The molecule has 0 bridgehead atoms. The van der Waals surface area contributed by atoms with E-state index in [0.717, 1.165) is 45.6 Å². The van der Waals surface area contributed by atoms with E-state index in [2.05, 4.69) is 147 Å². The molecule has 0 aliphatic heterocycles. The van der Waals surface area contributed by atoms with Crippen molar-refractivity contribution in [3.05, 3.63) is 156 Å². The maximum absolute atomic E-state index is 5.47. The SMILES string of the molecule is COc1ccc(N(c2ccc(C)cc2)c2ccc3c(c2)C(C)(C)c2cc(N(c4ccc(C)cc4)c4ccc(OC)cc4)ccc2-3)cc1. The third-order valence-electron chi connectivity index (χ3n) is 9.41. The third kappa shape index (κ3) is 5.50. The minimum absolute atomic E-state index is 0.214. The number of fused-ring (bicyclic) bond motifs is 3. The van der Waals surface area contributed by atoms with Crippen LogP contribution in [-0.4, -0.2) is 14.2 Å². The van der Waals surface area contributed by atoms with E-state index in [-0.39, 0.29) is 5.41 Å². The van der Waals surface area contributed by atoms with Crippen LogP contribution in [0.5, 0.6) is 11.5 Å². The number of anilines is 6. The summed E-state index contributed by atoms with van der Waals surface area (Å²) in [6, 6.07) is 47.9. The molecule has 0 heterocycles. The Morgan fingerprint density at radius 3 is 1.02 bits per heavy atom. The molecule has 0 saturated heterocycles. The molecule has 0 aromatic heterocycles. The van der Waals surface area contributed by atoms with Gasteiger partial charge in [0.1, 0.15) is 11.5 Å². The summed E-state index contributed by atoms with van der Waals surface area (Å²) >= 11 is 0. The highest BCUT2D eigenvalue weighted by Gasteiger charge is 2.37. The van der Waals surface area contributed by atoms with E-state index in [1.807, 2.05) is 24.3 Å². The number of rotatable bonds is 8. The maximum atomic E-state index is 5.47. The van der Waals surface area contributed by atoms with Crippen molar-refractivity contribution < 1.29 is 9.47 Å². The van der Waals surface area contributed by atoms with E-state index in [1.54, 1.807) is 14.2 Å². The lowest BCUT2D eigenvalue weighted by atomic mass is 9.82. The molecular weight excluding hydrogens is 576 g/mol. The van der Waals surface area contributed by atoms with Crippen LogP contribution < -0.4 is 19.3 Å². The summed E-state index contributed by atoms with van der Waals surface area (Å²) in [7, 11) is 3.41. The number of hydrogen-bond acceptors (Lipinski definition) is 4. The molecule has 0 spiro atoms. The van der Waals surface area contributed by atoms with Crippen LogP contribution in [0.25, 0.3) is 11.1 Å². The van der Waals surface area contributed by atoms with Crippen molar-refractivity contribution in [1.29, 1.82) is 0 Å². The average molecular weight is 617 g/mol. The van der Waals surface area contributed by atoms with Crippen LogP contribution >= 0.6 is 0 Å². The molecule has 1 aliphatic rings. The Morgan fingerprint density at radius 1 is 0.404 bits per heavy atom. The fraction of sp³-hybridized carbons (Fsp3) is 0.163. The molecule has 47 heavy (non-hydrogen) atoms. The summed E-state index contributed by atoms with van der Waals surface area (Å²) in [5.74, 6) is 1.68. The van der Waals surface area contributed by atoms with E-state index in [1.165, 1.54) is 33.4 Å². The summed E-state index contributed by atoms with van der Waals surface area (Å²) in [5.41, 5.74) is 14.1. The van der Waals surface area contributed by atoms with E-state index in [0.29, 0.717) is 0 Å². The van der Waals surface area contributed by atoms with Crippen LogP contribution in [0.1, 0.15) is 36.1 Å². The average Bonchev–Trinajstić information content (AvgIpc) is 3.32. The molecule has 234 valence electrons. The first kappa shape index (κ1) is 30.2. The van der Waals surface area contributed by atoms with Crippen LogP contribution in [0.4, 0.5) is 34.1 Å². The van der Waals surface area contributed by atoms with Gasteiger partial charge in [-0.2, -0.15) is 0 Å². The lowest BCUT2D eigenvalue weighted by Gasteiger charge is -2.29. The van der Waals surface area contributed by atoms with Gasteiger partial charge >= 0.3 is 0 Å². The van der Waals surface area contributed by atoms with Crippen LogP contribution in [0.2, 0.25) is 0 Å². The predicted molar refractivity (Wildman–Crippen MR) is 196 cm³/mol. The van der Waals surface area contributed by atoms with Crippen molar-refractivity contribution in [3.63, 3.8) is 0 Å². The molecule has 7 rings (SSSR count). The summed E-state index contributed by atoms with van der Waals surface area (Å²) in [4.78, 5) is 4.65. The molecule has 4 heteroatoms. The first-order valence-corrected chi connectivity index (χ1v) is 16.1. The predicted octanol–water partition coefficient (Wildman–Crippen LogP) is 11.6. The Kier molecular flexibility index (Phi) is 7.73. The lowest BCUT2D eigenvalue weighted by Crippen LogP contribution is -2.17. The summed E-state index contributed by atoms with van der Waals surface area (Å²) in [6.45, 7) is 8.94. The van der Waals surface area contributed by atoms with Crippen molar-refractivity contribution in [3.8, 4) is 22.6 Å². The number of ether oxygens (including phenoxy) is 2. The van der Waals surface area contributed by atoms with Crippen LogP contribution in [0.15, 0.2) is 133 Å². The Morgan fingerprint density at radius 2 is 0.702 bits per heavy atom. The second-order valence-electron chi connectivity index (χ2n) is 12.8. The molecular formula is C43H40N2O2.